The van der Waals surface area contributed by atoms with Gasteiger partial charge in [-0.1, -0.05) is 0 Å². The zero-order chi connectivity index (χ0) is 11.8. The fourth-order valence-corrected chi connectivity index (χ4v) is 2.75. The van der Waals surface area contributed by atoms with E-state index in [9.17, 15) is 9.90 Å². The maximum atomic E-state index is 11.5. The highest BCUT2D eigenvalue weighted by Crippen LogP contribution is 2.48. The third-order valence-corrected chi connectivity index (χ3v) is 4.12. The van der Waals surface area contributed by atoms with Crippen molar-refractivity contribution < 1.29 is 14.6 Å². The van der Waals surface area contributed by atoms with Gasteiger partial charge in [-0.05, 0) is 26.2 Å². The molecule has 3 atom stereocenters. The number of carbonyl (C=O) groups is 1. The van der Waals surface area contributed by atoms with Crippen LogP contribution in [0, 0.1) is 5.41 Å². The number of aliphatic hydroxyl groups is 1. The smallest absolute Gasteiger partial charge is 0.238 e. The lowest BCUT2D eigenvalue weighted by Crippen LogP contribution is -2.66. The third kappa shape index (κ3) is 1.94. The highest BCUT2D eigenvalue weighted by atomic mass is 35.5. The third-order valence-electron chi connectivity index (χ3n) is 3.92. The summed E-state index contributed by atoms with van der Waals surface area (Å²) in [6.45, 7) is 2.99. The quantitative estimate of drug-likeness (QED) is 0.705. The van der Waals surface area contributed by atoms with Crippen LogP contribution < -0.4 is 5.32 Å². The minimum atomic E-state index is -0.519. The van der Waals surface area contributed by atoms with Gasteiger partial charge in [-0.15, -0.1) is 11.6 Å². The molecule has 1 amide bonds. The van der Waals surface area contributed by atoms with E-state index >= 15 is 0 Å². The van der Waals surface area contributed by atoms with Gasteiger partial charge in [0.25, 0.3) is 0 Å². The predicted octanol–water partition coefficient (Wildman–Crippen LogP) is 0.660. The molecule has 3 unspecified atom stereocenters. The van der Waals surface area contributed by atoms with Crippen molar-refractivity contribution in [2.45, 2.75) is 43.7 Å². The van der Waals surface area contributed by atoms with Crippen molar-refractivity contribution in [1.29, 1.82) is 0 Å². The summed E-state index contributed by atoms with van der Waals surface area (Å²) in [7, 11) is 0. The van der Waals surface area contributed by atoms with Crippen LogP contribution in [0.5, 0.6) is 0 Å². The van der Waals surface area contributed by atoms with E-state index in [1.165, 1.54) is 0 Å². The average molecular weight is 248 g/mol. The highest BCUT2D eigenvalue weighted by Gasteiger charge is 2.55. The standard InChI is InChI=1S/C11H18ClNO3/c1-7(12)10(15)13-8-6-9(14)11(8)2-4-16-5-3-11/h7-9,14H,2-6H2,1H3,(H,13,15). The fourth-order valence-electron chi connectivity index (χ4n) is 2.69. The van der Waals surface area contributed by atoms with E-state index in [4.69, 9.17) is 16.3 Å². The normalized spacial score (nSPS) is 34.2. The molecule has 0 bridgehead atoms. The van der Waals surface area contributed by atoms with E-state index in [0.29, 0.717) is 19.6 Å². The first-order valence-corrected chi connectivity index (χ1v) is 6.20. The Hall–Kier alpha value is -0.320. The van der Waals surface area contributed by atoms with Crippen molar-refractivity contribution in [1.82, 2.24) is 5.32 Å². The molecule has 1 spiro atoms. The van der Waals surface area contributed by atoms with Gasteiger partial charge in [0.2, 0.25) is 5.91 Å². The molecular formula is C11H18ClNO3. The SMILES string of the molecule is CC(Cl)C(=O)NC1CC(O)C12CCOCC2. The number of ether oxygens (including phenoxy) is 1. The largest absolute Gasteiger partial charge is 0.392 e. The molecule has 2 aliphatic rings. The summed E-state index contributed by atoms with van der Waals surface area (Å²) in [6.07, 6.45) is 1.95. The second-order valence-electron chi connectivity index (χ2n) is 4.77. The first-order chi connectivity index (χ1) is 7.56. The Kier molecular flexibility index (Phi) is 3.42. The van der Waals surface area contributed by atoms with Gasteiger partial charge in [-0.3, -0.25) is 4.79 Å². The van der Waals surface area contributed by atoms with Crippen LogP contribution in [-0.4, -0.2) is 41.8 Å². The summed E-state index contributed by atoms with van der Waals surface area (Å²) in [5, 5.41) is 12.3. The van der Waals surface area contributed by atoms with Crippen LogP contribution in [0.4, 0.5) is 0 Å². The van der Waals surface area contributed by atoms with Crippen molar-refractivity contribution in [3.63, 3.8) is 0 Å². The minimum absolute atomic E-state index is 0.0556. The van der Waals surface area contributed by atoms with Gasteiger partial charge < -0.3 is 15.2 Å². The summed E-state index contributed by atoms with van der Waals surface area (Å²) in [5.41, 5.74) is -0.167. The number of hydrogen-bond acceptors (Lipinski definition) is 3. The molecule has 1 aliphatic heterocycles. The molecule has 92 valence electrons. The lowest BCUT2D eigenvalue weighted by Gasteiger charge is -2.55. The number of nitrogens with one attached hydrogen (secondary N) is 1. The number of halogens is 1. The van der Waals surface area contributed by atoms with Crippen molar-refractivity contribution in [2.75, 3.05) is 13.2 Å². The van der Waals surface area contributed by atoms with Gasteiger partial charge in [0, 0.05) is 24.7 Å². The van der Waals surface area contributed by atoms with E-state index in [2.05, 4.69) is 5.32 Å². The number of aliphatic hydroxyl groups excluding tert-OH is 1. The summed E-state index contributed by atoms with van der Waals surface area (Å²) < 4.78 is 5.30. The average Bonchev–Trinajstić information content (AvgIpc) is 2.29. The first kappa shape index (κ1) is 12.1. The lowest BCUT2D eigenvalue weighted by atomic mass is 9.58. The van der Waals surface area contributed by atoms with Crippen LogP contribution in [0.3, 0.4) is 0 Å². The van der Waals surface area contributed by atoms with Crippen LogP contribution in [-0.2, 0) is 9.53 Å². The van der Waals surface area contributed by atoms with E-state index in [0.717, 1.165) is 12.8 Å². The molecule has 1 heterocycles. The zero-order valence-electron chi connectivity index (χ0n) is 9.41. The van der Waals surface area contributed by atoms with Crippen molar-refractivity contribution >= 4 is 17.5 Å². The van der Waals surface area contributed by atoms with Gasteiger partial charge in [0.15, 0.2) is 0 Å². The van der Waals surface area contributed by atoms with Crippen molar-refractivity contribution in [3.8, 4) is 0 Å². The molecular weight excluding hydrogens is 230 g/mol. The van der Waals surface area contributed by atoms with Crippen LogP contribution >= 0.6 is 11.6 Å². The van der Waals surface area contributed by atoms with Crippen molar-refractivity contribution in [2.24, 2.45) is 5.41 Å². The van der Waals surface area contributed by atoms with Gasteiger partial charge in [0.1, 0.15) is 5.38 Å². The topological polar surface area (TPSA) is 58.6 Å². The van der Waals surface area contributed by atoms with Crippen LogP contribution in [0.1, 0.15) is 26.2 Å². The lowest BCUT2D eigenvalue weighted by molar-refractivity contribution is -0.155. The summed E-state index contributed by atoms with van der Waals surface area (Å²) >= 11 is 5.72. The molecule has 0 radical (unpaired) electrons. The first-order valence-electron chi connectivity index (χ1n) is 5.76. The summed E-state index contributed by atoms with van der Waals surface area (Å²) in [4.78, 5) is 11.5. The van der Waals surface area contributed by atoms with E-state index in [1.807, 2.05) is 0 Å². The molecule has 2 N–H and O–H groups in total. The van der Waals surface area contributed by atoms with Gasteiger partial charge >= 0.3 is 0 Å². The van der Waals surface area contributed by atoms with Crippen molar-refractivity contribution in [3.05, 3.63) is 0 Å². The number of rotatable bonds is 2. The molecule has 16 heavy (non-hydrogen) atoms. The van der Waals surface area contributed by atoms with E-state index < -0.39 is 5.38 Å². The van der Waals surface area contributed by atoms with E-state index in [-0.39, 0.29) is 23.5 Å². The maximum absolute atomic E-state index is 11.5. The second-order valence-corrected chi connectivity index (χ2v) is 5.43. The Morgan fingerprint density at radius 3 is 2.69 bits per heavy atom. The Labute approximate surface area is 100 Å². The van der Waals surface area contributed by atoms with Crippen LogP contribution in [0.2, 0.25) is 0 Å². The van der Waals surface area contributed by atoms with Gasteiger partial charge in [-0.2, -0.15) is 0 Å². The maximum Gasteiger partial charge on any atom is 0.238 e. The molecule has 0 aromatic heterocycles. The monoisotopic (exact) mass is 247 g/mol. The Bertz CT molecular complexity index is 276. The van der Waals surface area contributed by atoms with E-state index in [1.54, 1.807) is 6.92 Å². The molecule has 5 heteroatoms. The number of hydrogen-bond donors (Lipinski definition) is 2. The minimum Gasteiger partial charge on any atom is -0.392 e. The van der Waals surface area contributed by atoms with Crippen LogP contribution in [0.25, 0.3) is 0 Å². The molecule has 4 nitrogen and oxygen atoms in total. The summed E-state index contributed by atoms with van der Waals surface area (Å²) in [6, 6.07) is 0.0556. The van der Waals surface area contributed by atoms with Gasteiger partial charge in [-0.25, -0.2) is 0 Å². The Morgan fingerprint density at radius 2 is 2.19 bits per heavy atom. The molecule has 1 aliphatic carbocycles. The zero-order valence-corrected chi connectivity index (χ0v) is 10.2. The van der Waals surface area contributed by atoms with Crippen LogP contribution in [0.15, 0.2) is 0 Å². The molecule has 0 aromatic rings. The predicted molar refractivity (Wildman–Crippen MR) is 60.4 cm³/mol. The van der Waals surface area contributed by atoms with Gasteiger partial charge in [0.05, 0.1) is 6.10 Å². The fraction of sp³-hybridized carbons (Fsp3) is 0.909. The summed E-state index contributed by atoms with van der Waals surface area (Å²) in [5.74, 6) is -0.149. The Morgan fingerprint density at radius 1 is 1.56 bits per heavy atom. The number of carbonyl (C=O) groups excluding carboxylic acids is 1. The molecule has 1 saturated heterocycles. The number of amides is 1. The number of alkyl halides is 1. The highest BCUT2D eigenvalue weighted by molar-refractivity contribution is 6.30. The molecule has 2 fully saturated rings. The molecule has 1 saturated carbocycles. The Balaban J connectivity index is 1.98. The molecule has 2 rings (SSSR count). The second kappa shape index (κ2) is 4.51. The molecule has 0 aromatic carbocycles.